The van der Waals surface area contributed by atoms with E-state index in [0.717, 1.165) is 22.6 Å². The quantitative estimate of drug-likeness (QED) is 0.137. The Morgan fingerprint density at radius 1 is 0.682 bits per heavy atom. The minimum atomic E-state index is -4.57. The summed E-state index contributed by atoms with van der Waals surface area (Å²) in [6.45, 7) is 22.5. The van der Waals surface area contributed by atoms with E-state index in [1.54, 1.807) is 30.3 Å². The van der Waals surface area contributed by atoms with Crippen molar-refractivity contribution < 1.29 is 27.4 Å². The monoisotopic (exact) mass is 644 g/mol. The van der Waals surface area contributed by atoms with Crippen LogP contribution >= 0.6 is 0 Å². The molecule has 0 aliphatic heterocycles. The standard InChI is InChI=1S/C29H44O2S.C7H8O4S/c1-26(2,3)18-28(7,8)20-12-14-22(30)24(16-20)32(11)25-17-21(13-15-23(25)31)29(9,10)19-27(4,5)6;8-12(9,10)11-6-7-4-2-1-3-5-7/h12-17H,18-19H2,1-11H3,(H-,30,31);1-5H,6H2,(H,8,9,10). The third kappa shape index (κ3) is 12.1. The maximum atomic E-state index is 10.8. The Balaban J connectivity index is 0.000000469. The van der Waals surface area contributed by atoms with Gasteiger partial charge in [-0.05, 0) is 63.3 Å². The molecule has 2 N–H and O–H groups in total. The summed E-state index contributed by atoms with van der Waals surface area (Å²) < 4.78 is 34.1. The average molecular weight is 645 g/mol. The molecule has 3 rings (SSSR count). The molecule has 0 bridgehead atoms. The summed E-state index contributed by atoms with van der Waals surface area (Å²) in [6, 6.07) is 20.6. The van der Waals surface area contributed by atoms with Crippen LogP contribution in [0.25, 0.3) is 0 Å². The van der Waals surface area contributed by atoms with Gasteiger partial charge in [-0.15, -0.1) is 0 Å². The van der Waals surface area contributed by atoms with Gasteiger partial charge in [-0.25, -0.2) is 8.42 Å². The van der Waals surface area contributed by atoms with Gasteiger partial charge in [0.1, 0.15) is 6.26 Å². The van der Waals surface area contributed by atoms with E-state index in [-0.39, 0.29) is 28.3 Å². The van der Waals surface area contributed by atoms with Crippen LogP contribution in [0.1, 0.15) is 98.8 Å². The summed E-state index contributed by atoms with van der Waals surface area (Å²) in [4.78, 5) is 1.79. The topological polar surface area (TPSA) is 107 Å². The highest BCUT2D eigenvalue weighted by atomic mass is 32.3. The predicted octanol–water partition coefficient (Wildman–Crippen LogP) is 8.85. The first kappa shape index (κ1) is 37.7. The van der Waals surface area contributed by atoms with Crippen LogP contribution < -0.4 is 0 Å². The Morgan fingerprint density at radius 3 is 1.41 bits per heavy atom. The molecule has 0 aromatic heterocycles. The van der Waals surface area contributed by atoms with Gasteiger partial charge in [-0.3, -0.25) is 4.18 Å². The second kappa shape index (κ2) is 14.3. The van der Waals surface area contributed by atoms with Crippen LogP contribution in [-0.4, -0.2) is 29.4 Å². The van der Waals surface area contributed by atoms with Gasteiger partial charge in [0, 0.05) is 12.1 Å². The molecular weight excluding hydrogens is 593 g/mol. The van der Waals surface area contributed by atoms with Gasteiger partial charge in [0.25, 0.3) is 0 Å². The van der Waals surface area contributed by atoms with Crippen molar-refractivity contribution in [2.75, 3.05) is 6.26 Å². The largest absolute Gasteiger partial charge is 0.726 e. The molecule has 3 aromatic rings. The molecule has 8 heteroatoms. The number of phenolic OH excluding ortho intramolecular Hbond substituents is 2. The zero-order valence-corrected chi connectivity index (χ0v) is 29.9. The summed E-state index contributed by atoms with van der Waals surface area (Å²) in [5.41, 5.74) is 3.50. The van der Waals surface area contributed by atoms with E-state index < -0.39 is 21.3 Å². The SMILES string of the molecule is C[S+](c1cc(C(C)(C)CC(C)(C)C)ccc1O)c1cc(C(C)(C)CC(C)(C)C)ccc1O.O=S(=O)([O-])OCc1ccccc1. The minimum absolute atomic E-state index is 0.0104. The molecule has 0 atom stereocenters. The van der Waals surface area contributed by atoms with Gasteiger partial charge >= 0.3 is 0 Å². The summed E-state index contributed by atoms with van der Waals surface area (Å²) in [6.07, 6.45) is 4.19. The molecule has 0 saturated carbocycles. The second-order valence-electron chi connectivity index (χ2n) is 15.3. The van der Waals surface area contributed by atoms with E-state index in [1.165, 1.54) is 11.1 Å². The highest BCUT2D eigenvalue weighted by Gasteiger charge is 2.34. The molecule has 3 aromatic carbocycles. The molecule has 0 aliphatic carbocycles. The van der Waals surface area contributed by atoms with Crippen molar-refractivity contribution in [1.82, 2.24) is 0 Å². The molecule has 0 heterocycles. The molecule has 0 unspecified atom stereocenters. The lowest BCUT2D eigenvalue weighted by molar-refractivity contribution is 0.253. The Hall–Kier alpha value is -2.52. The molecule has 44 heavy (non-hydrogen) atoms. The third-order valence-corrected chi connectivity index (χ3v) is 9.68. The molecule has 6 nitrogen and oxygen atoms in total. The van der Waals surface area contributed by atoms with E-state index >= 15 is 0 Å². The van der Waals surface area contributed by atoms with Crippen molar-refractivity contribution in [2.45, 2.75) is 109 Å². The van der Waals surface area contributed by atoms with Crippen molar-refractivity contribution in [2.24, 2.45) is 10.8 Å². The van der Waals surface area contributed by atoms with Crippen LogP contribution in [-0.2, 0) is 42.9 Å². The fraction of sp³-hybridized carbons (Fsp3) is 0.500. The molecule has 0 saturated heterocycles. The maximum Gasteiger partial charge on any atom is 0.217 e. The van der Waals surface area contributed by atoms with Crippen molar-refractivity contribution in [3.8, 4) is 11.5 Å². The lowest BCUT2D eigenvalue weighted by Gasteiger charge is -2.33. The third-order valence-electron chi connectivity index (χ3n) is 7.30. The second-order valence-corrected chi connectivity index (χ2v) is 18.2. The minimum Gasteiger partial charge on any atom is -0.726 e. The number of phenols is 2. The van der Waals surface area contributed by atoms with Crippen molar-refractivity contribution in [3.05, 3.63) is 83.4 Å². The molecule has 0 radical (unpaired) electrons. The zero-order valence-electron chi connectivity index (χ0n) is 28.3. The Bertz CT molecular complexity index is 1400. The molecule has 0 aliphatic rings. The van der Waals surface area contributed by atoms with Crippen LogP contribution in [0.5, 0.6) is 11.5 Å². The Morgan fingerprint density at radius 2 is 1.07 bits per heavy atom. The summed E-state index contributed by atoms with van der Waals surface area (Å²) in [5, 5.41) is 21.5. The Labute approximate surface area is 269 Å². The zero-order chi connectivity index (χ0) is 33.7. The van der Waals surface area contributed by atoms with Crippen molar-refractivity contribution >= 4 is 21.3 Å². The van der Waals surface area contributed by atoms with Crippen LogP contribution in [0.15, 0.2) is 76.5 Å². The fourth-order valence-electron chi connectivity index (χ4n) is 6.05. The molecular formula is C36H52O6S2. The molecule has 0 spiro atoms. The summed E-state index contributed by atoms with van der Waals surface area (Å²) in [5.74, 6) is 0.592. The van der Waals surface area contributed by atoms with Crippen molar-refractivity contribution in [1.29, 1.82) is 0 Å². The lowest BCUT2D eigenvalue weighted by Crippen LogP contribution is -2.25. The van der Waals surface area contributed by atoms with E-state index in [9.17, 15) is 23.2 Å². The number of benzene rings is 3. The number of aromatic hydroxyl groups is 2. The lowest BCUT2D eigenvalue weighted by atomic mass is 9.72. The summed E-state index contributed by atoms with van der Waals surface area (Å²) in [7, 11) is -5.03. The molecule has 0 fully saturated rings. The summed E-state index contributed by atoms with van der Waals surface area (Å²) >= 11 is 0. The first-order chi connectivity index (χ1) is 19.9. The van der Waals surface area contributed by atoms with E-state index in [0.29, 0.717) is 17.1 Å². The average Bonchev–Trinajstić information content (AvgIpc) is 2.85. The molecule has 244 valence electrons. The van der Waals surface area contributed by atoms with Gasteiger partial charge in [0.15, 0.2) is 11.5 Å². The first-order valence-electron chi connectivity index (χ1n) is 14.9. The van der Waals surface area contributed by atoms with Gasteiger partial charge in [-0.2, -0.15) is 0 Å². The Kier molecular flexibility index (Phi) is 12.2. The van der Waals surface area contributed by atoms with Gasteiger partial charge < -0.3 is 14.8 Å². The number of hydrogen-bond acceptors (Lipinski definition) is 6. The highest BCUT2D eigenvalue weighted by Crippen LogP contribution is 2.43. The fourth-order valence-corrected chi connectivity index (χ4v) is 7.94. The van der Waals surface area contributed by atoms with Crippen LogP contribution in [0.3, 0.4) is 0 Å². The van der Waals surface area contributed by atoms with Crippen molar-refractivity contribution in [3.63, 3.8) is 0 Å². The van der Waals surface area contributed by atoms with Gasteiger partial charge in [0.05, 0.1) is 17.5 Å². The smallest absolute Gasteiger partial charge is 0.217 e. The normalized spacial score (nSPS) is 13.0. The maximum absolute atomic E-state index is 10.8. The van der Waals surface area contributed by atoms with Crippen LogP contribution in [0.2, 0.25) is 0 Å². The number of rotatable bonds is 9. The van der Waals surface area contributed by atoms with Crippen LogP contribution in [0.4, 0.5) is 0 Å². The highest BCUT2D eigenvalue weighted by molar-refractivity contribution is 7.96. The van der Waals surface area contributed by atoms with E-state index in [1.807, 2.05) is 24.3 Å². The van der Waals surface area contributed by atoms with E-state index in [2.05, 4.69) is 91.8 Å². The predicted molar refractivity (Wildman–Crippen MR) is 181 cm³/mol. The number of hydrogen-bond donors (Lipinski definition) is 2. The van der Waals surface area contributed by atoms with E-state index in [4.69, 9.17) is 0 Å². The first-order valence-corrected chi connectivity index (χ1v) is 17.8. The van der Waals surface area contributed by atoms with Gasteiger partial charge in [-0.1, -0.05) is 112 Å². The molecule has 0 amide bonds. The van der Waals surface area contributed by atoms with Gasteiger partial charge in [0.2, 0.25) is 20.2 Å². The van der Waals surface area contributed by atoms with Crippen LogP contribution in [0, 0.1) is 10.8 Å².